The molecule has 2 aromatic heterocycles. The summed E-state index contributed by atoms with van der Waals surface area (Å²) in [6.45, 7) is 2.14. The Bertz CT molecular complexity index is 1520. The van der Waals surface area contributed by atoms with Crippen LogP contribution in [0.2, 0.25) is 0 Å². The van der Waals surface area contributed by atoms with Gasteiger partial charge in [0.05, 0.1) is 16.6 Å². The Hall–Kier alpha value is -3.65. The van der Waals surface area contributed by atoms with Crippen molar-refractivity contribution in [3.05, 3.63) is 96.6 Å². The summed E-state index contributed by atoms with van der Waals surface area (Å²) >= 11 is 0. The Morgan fingerprint density at radius 3 is 2.29 bits per heavy atom. The van der Waals surface area contributed by atoms with E-state index >= 15 is 0 Å². The molecule has 6 rings (SSSR count). The van der Waals surface area contributed by atoms with Crippen LogP contribution in [0.5, 0.6) is 0 Å². The van der Waals surface area contributed by atoms with Gasteiger partial charge in [0.15, 0.2) is 0 Å². The fourth-order valence-corrected chi connectivity index (χ4v) is 4.31. The number of nitrogens with zero attached hydrogens (tertiary/aromatic N) is 2. The summed E-state index contributed by atoms with van der Waals surface area (Å²) in [5.74, 6) is 0. The van der Waals surface area contributed by atoms with Crippen LogP contribution in [0.4, 0.5) is 0 Å². The number of hydrogen-bond acceptors (Lipinski definition) is 1. The van der Waals surface area contributed by atoms with Crippen molar-refractivity contribution >= 4 is 38.4 Å². The molecule has 0 unspecified atom stereocenters. The normalized spacial score (nSPS) is 11.8. The number of benzene rings is 4. The third-order valence-electron chi connectivity index (χ3n) is 5.61. The lowest BCUT2D eigenvalue weighted by Crippen LogP contribution is -1.91. The van der Waals surface area contributed by atoms with Gasteiger partial charge in [0.2, 0.25) is 0 Å². The fraction of sp³-hybridized carbons (Fsp3) is 0.0385. The van der Waals surface area contributed by atoms with E-state index < -0.39 is 0 Å². The van der Waals surface area contributed by atoms with Crippen LogP contribution in [0, 0.1) is 6.92 Å². The zero-order chi connectivity index (χ0) is 18.7. The Kier molecular flexibility index (Phi) is 3.12. The fourth-order valence-electron chi connectivity index (χ4n) is 4.31. The quantitative estimate of drug-likeness (QED) is 0.296. The Labute approximate surface area is 162 Å². The van der Waals surface area contributed by atoms with Crippen LogP contribution in [-0.2, 0) is 0 Å². The molecule has 2 heterocycles. The van der Waals surface area contributed by atoms with Crippen LogP contribution in [0.1, 0.15) is 5.56 Å². The van der Waals surface area contributed by atoms with Crippen molar-refractivity contribution in [2.75, 3.05) is 0 Å². The predicted molar refractivity (Wildman–Crippen MR) is 118 cm³/mol. The lowest BCUT2D eigenvalue weighted by Gasteiger charge is -2.11. The first kappa shape index (κ1) is 15.4. The van der Waals surface area contributed by atoms with Crippen molar-refractivity contribution in [2.24, 2.45) is 0 Å². The summed E-state index contributed by atoms with van der Waals surface area (Å²) in [5, 5.41) is 3.69. The van der Waals surface area contributed by atoms with E-state index in [1.165, 1.54) is 38.4 Å². The average Bonchev–Trinajstić information content (AvgIpc) is 3.13. The van der Waals surface area contributed by atoms with E-state index in [2.05, 4.69) is 102 Å². The SMILES string of the molecule is Cc1cccc(-c2ccc3c(c2)c2ccccc2n2c4ccccc4nc32)c1. The van der Waals surface area contributed by atoms with E-state index in [9.17, 15) is 0 Å². The number of pyridine rings is 1. The summed E-state index contributed by atoms with van der Waals surface area (Å²) in [7, 11) is 0. The van der Waals surface area contributed by atoms with E-state index in [1.807, 2.05) is 0 Å². The zero-order valence-electron chi connectivity index (χ0n) is 15.6. The third-order valence-corrected chi connectivity index (χ3v) is 5.61. The molecule has 0 radical (unpaired) electrons. The van der Waals surface area contributed by atoms with Crippen molar-refractivity contribution in [3.8, 4) is 11.1 Å². The van der Waals surface area contributed by atoms with E-state index in [0.717, 1.165) is 16.7 Å². The molecule has 0 amide bonds. The molecule has 0 spiro atoms. The molecule has 0 N–H and O–H groups in total. The minimum Gasteiger partial charge on any atom is -0.292 e. The molecule has 0 aliphatic heterocycles. The maximum atomic E-state index is 4.97. The van der Waals surface area contributed by atoms with Gasteiger partial charge in [0, 0.05) is 10.8 Å². The standard InChI is InChI=1S/C26H18N2/c1-17-7-6-8-18(15-17)19-13-14-21-22(16-19)20-9-2-4-11-24(20)28-25-12-5-3-10-23(25)27-26(21)28/h2-16H,1H3. The summed E-state index contributed by atoms with van der Waals surface area (Å²) in [6, 6.07) is 32.4. The monoisotopic (exact) mass is 358 g/mol. The Morgan fingerprint density at radius 1 is 0.607 bits per heavy atom. The first-order valence-corrected chi connectivity index (χ1v) is 9.58. The molecule has 0 bridgehead atoms. The second kappa shape index (κ2) is 5.67. The molecule has 0 atom stereocenters. The molecule has 0 aliphatic rings. The molecule has 0 aliphatic carbocycles. The molecule has 0 saturated carbocycles. The molecule has 0 saturated heterocycles. The highest BCUT2D eigenvalue weighted by Crippen LogP contribution is 2.34. The number of hydrogen-bond donors (Lipinski definition) is 0. The lowest BCUT2D eigenvalue weighted by molar-refractivity contribution is 1.31. The van der Waals surface area contributed by atoms with Crippen LogP contribution >= 0.6 is 0 Å². The van der Waals surface area contributed by atoms with Gasteiger partial charge in [0.1, 0.15) is 5.65 Å². The van der Waals surface area contributed by atoms with Gasteiger partial charge < -0.3 is 0 Å². The molecule has 28 heavy (non-hydrogen) atoms. The summed E-state index contributed by atoms with van der Waals surface area (Å²) in [4.78, 5) is 4.97. The number of imidazole rings is 1. The highest BCUT2D eigenvalue weighted by Gasteiger charge is 2.13. The molecule has 6 aromatic rings. The number of aromatic nitrogens is 2. The lowest BCUT2D eigenvalue weighted by atomic mass is 9.98. The maximum absolute atomic E-state index is 4.97. The number of fused-ring (bicyclic) bond motifs is 8. The van der Waals surface area contributed by atoms with Crippen molar-refractivity contribution in [1.82, 2.24) is 9.38 Å². The number of aryl methyl sites for hydroxylation is 1. The first-order valence-electron chi connectivity index (χ1n) is 9.58. The van der Waals surface area contributed by atoms with Gasteiger partial charge in [-0.15, -0.1) is 0 Å². The molecule has 4 aromatic carbocycles. The van der Waals surface area contributed by atoms with Crippen molar-refractivity contribution in [3.63, 3.8) is 0 Å². The van der Waals surface area contributed by atoms with E-state index in [1.54, 1.807) is 0 Å². The molecular weight excluding hydrogens is 340 g/mol. The molecule has 2 heteroatoms. The zero-order valence-corrected chi connectivity index (χ0v) is 15.6. The molecule has 132 valence electrons. The third kappa shape index (κ3) is 2.12. The highest BCUT2D eigenvalue weighted by molar-refractivity contribution is 6.14. The van der Waals surface area contributed by atoms with Gasteiger partial charge in [-0.25, -0.2) is 4.98 Å². The topological polar surface area (TPSA) is 17.3 Å². The maximum Gasteiger partial charge on any atom is 0.146 e. The highest BCUT2D eigenvalue weighted by atomic mass is 15.0. The van der Waals surface area contributed by atoms with Crippen molar-refractivity contribution < 1.29 is 0 Å². The Balaban J connectivity index is 1.80. The smallest absolute Gasteiger partial charge is 0.146 e. The number of rotatable bonds is 1. The molecular formula is C26H18N2. The minimum absolute atomic E-state index is 1.02. The van der Waals surface area contributed by atoms with E-state index in [4.69, 9.17) is 4.98 Å². The van der Waals surface area contributed by atoms with Crippen LogP contribution in [0.15, 0.2) is 91.0 Å². The first-order chi connectivity index (χ1) is 13.8. The van der Waals surface area contributed by atoms with Crippen molar-refractivity contribution in [2.45, 2.75) is 6.92 Å². The minimum atomic E-state index is 1.02. The van der Waals surface area contributed by atoms with Gasteiger partial charge in [-0.1, -0.05) is 66.2 Å². The summed E-state index contributed by atoms with van der Waals surface area (Å²) in [5.41, 5.74) is 8.16. The van der Waals surface area contributed by atoms with Gasteiger partial charge in [-0.3, -0.25) is 4.40 Å². The van der Waals surface area contributed by atoms with Crippen LogP contribution in [0.25, 0.3) is 49.5 Å². The summed E-state index contributed by atoms with van der Waals surface area (Å²) in [6.07, 6.45) is 0. The van der Waals surface area contributed by atoms with Gasteiger partial charge in [-0.05, 0) is 53.8 Å². The average molecular weight is 358 g/mol. The molecule has 2 nitrogen and oxygen atoms in total. The second-order valence-corrected chi connectivity index (χ2v) is 7.41. The van der Waals surface area contributed by atoms with Crippen LogP contribution < -0.4 is 0 Å². The predicted octanol–water partition coefficient (Wildman–Crippen LogP) is 6.77. The van der Waals surface area contributed by atoms with Gasteiger partial charge >= 0.3 is 0 Å². The number of para-hydroxylation sites is 3. The van der Waals surface area contributed by atoms with E-state index in [0.29, 0.717) is 0 Å². The van der Waals surface area contributed by atoms with Crippen LogP contribution in [-0.4, -0.2) is 9.38 Å². The van der Waals surface area contributed by atoms with E-state index in [-0.39, 0.29) is 0 Å². The van der Waals surface area contributed by atoms with Crippen molar-refractivity contribution in [1.29, 1.82) is 0 Å². The molecule has 0 fully saturated rings. The largest absolute Gasteiger partial charge is 0.292 e. The van der Waals surface area contributed by atoms with Gasteiger partial charge in [-0.2, -0.15) is 0 Å². The second-order valence-electron chi connectivity index (χ2n) is 7.41. The summed E-state index contributed by atoms with van der Waals surface area (Å²) < 4.78 is 2.29. The Morgan fingerprint density at radius 2 is 1.39 bits per heavy atom. The van der Waals surface area contributed by atoms with Crippen LogP contribution in [0.3, 0.4) is 0 Å². The van der Waals surface area contributed by atoms with Gasteiger partial charge in [0.25, 0.3) is 0 Å².